The number of halogens is 5. The second kappa shape index (κ2) is 5.36. The molecule has 2 N–H and O–H groups in total. The fourth-order valence-corrected chi connectivity index (χ4v) is 1.80. The number of nitrogens with two attached hydrogens (primary N) is 1. The number of hydrogen-bond acceptors (Lipinski definition) is 3. The molecule has 0 amide bonds. The Morgan fingerprint density at radius 3 is 2.26 bits per heavy atom. The molecule has 0 saturated heterocycles. The Kier molecular flexibility index (Phi) is 3.99. The van der Waals surface area contributed by atoms with E-state index in [2.05, 4.69) is 4.98 Å². The lowest BCUT2D eigenvalue weighted by molar-refractivity contribution is 0.418. The third-order valence-electron chi connectivity index (χ3n) is 2.11. The van der Waals surface area contributed by atoms with Crippen molar-refractivity contribution < 1.29 is 13.5 Å². The maximum atomic E-state index is 13.4. The van der Waals surface area contributed by atoms with Gasteiger partial charge in [0.05, 0.1) is 15.1 Å². The van der Waals surface area contributed by atoms with E-state index in [0.717, 1.165) is 0 Å². The first-order chi connectivity index (χ1) is 8.88. The number of benzene rings is 1. The average molecular weight is 326 g/mol. The van der Waals surface area contributed by atoms with Gasteiger partial charge in [0, 0.05) is 12.1 Å². The molecule has 3 nitrogen and oxygen atoms in total. The Balaban J connectivity index is 2.42. The van der Waals surface area contributed by atoms with Gasteiger partial charge in [-0.25, -0.2) is 8.78 Å². The van der Waals surface area contributed by atoms with Crippen molar-refractivity contribution in [3.8, 4) is 11.6 Å². The number of nitrogen functional groups attached to an aromatic ring is 1. The SMILES string of the molecule is Nc1nc(Oc2cc(Cl)c(Cl)cc2Cl)c(F)cc1F. The predicted octanol–water partition coefficient (Wildman–Crippen LogP) is 4.69. The molecule has 0 aliphatic rings. The molecule has 1 heterocycles. The number of nitrogens with zero attached hydrogens (tertiary/aromatic N) is 1. The first-order valence-corrected chi connectivity index (χ1v) is 5.95. The van der Waals surface area contributed by atoms with Crippen molar-refractivity contribution in [3.05, 3.63) is 44.9 Å². The van der Waals surface area contributed by atoms with Gasteiger partial charge in [-0.3, -0.25) is 0 Å². The molecule has 0 fully saturated rings. The third-order valence-corrected chi connectivity index (χ3v) is 3.12. The van der Waals surface area contributed by atoms with Crippen LogP contribution in [0.25, 0.3) is 0 Å². The largest absolute Gasteiger partial charge is 0.435 e. The summed E-state index contributed by atoms with van der Waals surface area (Å²) in [4.78, 5) is 3.43. The Morgan fingerprint density at radius 1 is 0.947 bits per heavy atom. The van der Waals surface area contributed by atoms with Gasteiger partial charge in [0.2, 0.25) is 0 Å². The zero-order valence-corrected chi connectivity index (χ0v) is 11.3. The summed E-state index contributed by atoms with van der Waals surface area (Å²) in [6.07, 6.45) is 0. The Morgan fingerprint density at radius 2 is 1.58 bits per heavy atom. The molecule has 0 spiro atoms. The van der Waals surface area contributed by atoms with Gasteiger partial charge in [-0.1, -0.05) is 34.8 Å². The van der Waals surface area contributed by atoms with E-state index in [-0.39, 0.29) is 20.8 Å². The van der Waals surface area contributed by atoms with Crippen LogP contribution in [0, 0.1) is 11.6 Å². The minimum absolute atomic E-state index is 0.0217. The van der Waals surface area contributed by atoms with E-state index in [1.165, 1.54) is 12.1 Å². The Bertz CT molecular complexity index is 597. The molecule has 0 aliphatic heterocycles. The molecule has 0 unspecified atom stereocenters. The molecule has 0 aliphatic carbocycles. The lowest BCUT2D eigenvalue weighted by Gasteiger charge is -2.09. The quantitative estimate of drug-likeness (QED) is 0.815. The van der Waals surface area contributed by atoms with Crippen molar-refractivity contribution in [3.63, 3.8) is 0 Å². The van der Waals surface area contributed by atoms with Gasteiger partial charge in [0.25, 0.3) is 5.88 Å². The van der Waals surface area contributed by atoms with E-state index < -0.39 is 23.3 Å². The summed E-state index contributed by atoms with van der Waals surface area (Å²) in [5.41, 5.74) is 5.22. The lowest BCUT2D eigenvalue weighted by Crippen LogP contribution is -2.00. The molecule has 0 atom stereocenters. The summed E-state index contributed by atoms with van der Waals surface area (Å²) in [5, 5.41) is 0.473. The average Bonchev–Trinajstić information content (AvgIpc) is 2.32. The molecule has 0 bridgehead atoms. The Hall–Kier alpha value is -1.30. The maximum Gasteiger partial charge on any atom is 0.258 e. The second-order valence-electron chi connectivity index (χ2n) is 3.44. The van der Waals surface area contributed by atoms with Crippen LogP contribution in [0.15, 0.2) is 18.2 Å². The van der Waals surface area contributed by atoms with Gasteiger partial charge in [0.15, 0.2) is 17.5 Å². The fraction of sp³-hybridized carbons (Fsp3) is 0. The van der Waals surface area contributed by atoms with Gasteiger partial charge in [-0.2, -0.15) is 4.98 Å². The van der Waals surface area contributed by atoms with Crippen molar-refractivity contribution in [1.82, 2.24) is 4.98 Å². The first-order valence-electron chi connectivity index (χ1n) is 4.82. The van der Waals surface area contributed by atoms with Gasteiger partial charge in [-0.05, 0) is 6.07 Å². The number of rotatable bonds is 2. The summed E-state index contributed by atoms with van der Waals surface area (Å²) in [6, 6.07) is 3.17. The number of hydrogen-bond donors (Lipinski definition) is 1. The lowest BCUT2D eigenvalue weighted by atomic mass is 10.3. The van der Waals surface area contributed by atoms with Gasteiger partial charge >= 0.3 is 0 Å². The summed E-state index contributed by atoms with van der Waals surface area (Å²) in [7, 11) is 0. The smallest absolute Gasteiger partial charge is 0.258 e. The molecule has 0 saturated carbocycles. The predicted molar refractivity (Wildman–Crippen MR) is 70.1 cm³/mol. The highest BCUT2D eigenvalue weighted by molar-refractivity contribution is 6.43. The highest BCUT2D eigenvalue weighted by Crippen LogP contribution is 2.36. The molecule has 2 aromatic rings. The molecular weight excluding hydrogens is 320 g/mol. The zero-order chi connectivity index (χ0) is 14.2. The third kappa shape index (κ3) is 3.00. The van der Waals surface area contributed by atoms with E-state index in [0.29, 0.717) is 6.07 Å². The van der Waals surface area contributed by atoms with Crippen molar-refractivity contribution in [2.24, 2.45) is 0 Å². The van der Waals surface area contributed by atoms with Crippen LogP contribution in [0.1, 0.15) is 0 Å². The molecular formula is C11H5Cl3F2N2O. The molecule has 1 aromatic heterocycles. The molecule has 19 heavy (non-hydrogen) atoms. The van der Waals surface area contributed by atoms with Crippen LogP contribution in [0.4, 0.5) is 14.6 Å². The summed E-state index contributed by atoms with van der Waals surface area (Å²) in [6.45, 7) is 0. The van der Waals surface area contributed by atoms with Gasteiger partial charge in [0.1, 0.15) is 5.75 Å². The molecule has 0 radical (unpaired) electrons. The fourth-order valence-electron chi connectivity index (χ4n) is 1.22. The first kappa shape index (κ1) is 14.1. The Labute approximate surface area is 121 Å². The summed E-state index contributed by atoms with van der Waals surface area (Å²) in [5.74, 6) is -2.99. The molecule has 2 rings (SSSR count). The number of ether oxygens (including phenoxy) is 1. The van der Waals surface area contributed by atoms with Crippen molar-refractivity contribution in [2.45, 2.75) is 0 Å². The van der Waals surface area contributed by atoms with E-state index in [1.807, 2.05) is 0 Å². The van der Waals surface area contributed by atoms with Crippen LogP contribution in [0.3, 0.4) is 0 Å². The van der Waals surface area contributed by atoms with Crippen molar-refractivity contribution in [1.29, 1.82) is 0 Å². The molecule has 100 valence electrons. The van der Waals surface area contributed by atoms with E-state index in [4.69, 9.17) is 45.3 Å². The van der Waals surface area contributed by atoms with Crippen LogP contribution in [0.2, 0.25) is 15.1 Å². The highest BCUT2D eigenvalue weighted by Gasteiger charge is 2.14. The standard InChI is InChI=1S/C11H5Cl3F2N2O/c12-4-1-6(14)9(2-5(4)13)19-11-8(16)3-7(15)10(17)18-11/h1-3H,(H2,17,18). The van der Waals surface area contributed by atoms with Crippen molar-refractivity contribution >= 4 is 40.6 Å². The topological polar surface area (TPSA) is 48.1 Å². The van der Waals surface area contributed by atoms with E-state index in [1.54, 1.807) is 0 Å². The number of anilines is 1. The summed E-state index contributed by atoms with van der Waals surface area (Å²) < 4.78 is 31.5. The monoisotopic (exact) mass is 324 g/mol. The van der Waals surface area contributed by atoms with Crippen LogP contribution in [-0.2, 0) is 0 Å². The minimum atomic E-state index is -1.02. The molecule has 8 heteroatoms. The minimum Gasteiger partial charge on any atom is -0.435 e. The van der Waals surface area contributed by atoms with Crippen LogP contribution in [-0.4, -0.2) is 4.98 Å². The zero-order valence-electron chi connectivity index (χ0n) is 9.05. The van der Waals surface area contributed by atoms with Crippen LogP contribution >= 0.6 is 34.8 Å². The number of pyridine rings is 1. The van der Waals surface area contributed by atoms with Crippen molar-refractivity contribution in [2.75, 3.05) is 5.73 Å². The summed E-state index contributed by atoms with van der Waals surface area (Å²) >= 11 is 17.4. The van der Waals surface area contributed by atoms with Crippen LogP contribution in [0.5, 0.6) is 11.6 Å². The highest BCUT2D eigenvalue weighted by atomic mass is 35.5. The number of aromatic nitrogens is 1. The maximum absolute atomic E-state index is 13.4. The normalized spacial score (nSPS) is 10.6. The van der Waals surface area contributed by atoms with Gasteiger partial charge in [-0.15, -0.1) is 0 Å². The molecule has 1 aromatic carbocycles. The van der Waals surface area contributed by atoms with Gasteiger partial charge < -0.3 is 10.5 Å². The second-order valence-corrected chi connectivity index (χ2v) is 4.66. The van der Waals surface area contributed by atoms with E-state index in [9.17, 15) is 8.78 Å². The van der Waals surface area contributed by atoms with E-state index >= 15 is 0 Å². The van der Waals surface area contributed by atoms with Crippen LogP contribution < -0.4 is 10.5 Å².